The zero-order valence-corrected chi connectivity index (χ0v) is 14.1. The Labute approximate surface area is 146 Å². The van der Waals surface area contributed by atoms with Crippen LogP contribution in [0.25, 0.3) is 21.7 Å². The first-order valence-electron chi connectivity index (χ1n) is 7.56. The van der Waals surface area contributed by atoms with Crippen molar-refractivity contribution in [3.8, 4) is 0 Å². The standard InChI is InChI=1S/C13H9N.C6H8N2O2S/c1-2-6-11-10(5-1)9-14-13-8-4-3-7-12(11)13;7-5-1-3-6(4-2-5)11(8,9)10/h1-9H;1-4H,7H2,(H2,8,9,10). The predicted octanol–water partition coefficient (Wildman–Crippen LogP) is 3.30. The smallest absolute Gasteiger partial charge is 0.238 e. The lowest BCUT2D eigenvalue weighted by atomic mass is 10.1. The molecule has 0 aliphatic carbocycles. The molecule has 0 fully saturated rings. The molecule has 126 valence electrons. The minimum atomic E-state index is -3.58. The quantitative estimate of drug-likeness (QED) is 0.406. The first-order valence-corrected chi connectivity index (χ1v) is 9.10. The Morgan fingerprint density at radius 2 is 1.36 bits per heavy atom. The summed E-state index contributed by atoms with van der Waals surface area (Å²) in [6.07, 6.45) is 1.93. The van der Waals surface area contributed by atoms with Crippen LogP contribution in [0.15, 0.2) is 83.9 Å². The number of fused-ring (bicyclic) bond motifs is 3. The highest BCUT2D eigenvalue weighted by molar-refractivity contribution is 7.89. The normalized spacial score (nSPS) is 11.1. The molecule has 1 aromatic heterocycles. The highest BCUT2D eigenvalue weighted by atomic mass is 32.2. The van der Waals surface area contributed by atoms with Crippen molar-refractivity contribution in [1.29, 1.82) is 0 Å². The fourth-order valence-electron chi connectivity index (χ4n) is 2.47. The maximum atomic E-state index is 10.7. The van der Waals surface area contributed by atoms with E-state index in [1.54, 1.807) is 0 Å². The molecule has 1 heterocycles. The van der Waals surface area contributed by atoms with E-state index in [-0.39, 0.29) is 4.90 Å². The molecule has 25 heavy (non-hydrogen) atoms. The first-order chi connectivity index (χ1) is 11.9. The van der Waals surface area contributed by atoms with Gasteiger partial charge in [-0.15, -0.1) is 0 Å². The van der Waals surface area contributed by atoms with Crippen LogP contribution in [-0.4, -0.2) is 13.4 Å². The van der Waals surface area contributed by atoms with Gasteiger partial charge >= 0.3 is 0 Å². The number of sulfonamides is 1. The van der Waals surface area contributed by atoms with Gasteiger partial charge in [0.15, 0.2) is 0 Å². The molecule has 5 nitrogen and oxygen atoms in total. The maximum Gasteiger partial charge on any atom is 0.238 e. The first kappa shape index (κ1) is 16.9. The number of para-hydroxylation sites is 1. The van der Waals surface area contributed by atoms with Gasteiger partial charge in [-0.1, -0.05) is 42.5 Å². The van der Waals surface area contributed by atoms with Gasteiger partial charge in [-0.2, -0.15) is 0 Å². The summed E-state index contributed by atoms with van der Waals surface area (Å²) in [5.74, 6) is 0. The van der Waals surface area contributed by atoms with Crippen molar-refractivity contribution in [3.05, 3.63) is 79.0 Å². The number of nitrogen functional groups attached to an aromatic ring is 1. The molecule has 6 heteroatoms. The number of pyridine rings is 1. The lowest BCUT2D eigenvalue weighted by Gasteiger charge is -2.01. The second kappa shape index (κ2) is 6.88. The summed E-state index contributed by atoms with van der Waals surface area (Å²) in [6, 6.07) is 22.3. The highest BCUT2D eigenvalue weighted by Gasteiger charge is 2.05. The molecule has 4 aromatic rings. The number of hydrogen-bond donors (Lipinski definition) is 2. The molecule has 0 unspecified atom stereocenters. The van der Waals surface area contributed by atoms with Crippen molar-refractivity contribution in [2.24, 2.45) is 5.14 Å². The Balaban J connectivity index is 0.000000151. The molecule has 0 aliphatic heterocycles. The molecule has 0 saturated carbocycles. The third kappa shape index (κ3) is 3.93. The van der Waals surface area contributed by atoms with E-state index in [0.29, 0.717) is 5.69 Å². The van der Waals surface area contributed by atoms with E-state index in [9.17, 15) is 8.42 Å². The molecule has 0 bridgehead atoms. The van der Waals surface area contributed by atoms with Gasteiger partial charge in [0, 0.05) is 22.7 Å². The average Bonchev–Trinajstić information content (AvgIpc) is 2.62. The molecular weight excluding hydrogens is 334 g/mol. The van der Waals surface area contributed by atoms with Crippen LogP contribution in [0, 0.1) is 0 Å². The predicted molar refractivity (Wildman–Crippen MR) is 101 cm³/mol. The van der Waals surface area contributed by atoms with E-state index in [4.69, 9.17) is 10.9 Å². The van der Waals surface area contributed by atoms with E-state index >= 15 is 0 Å². The molecule has 0 atom stereocenters. The summed E-state index contributed by atoms with van der Waals surface area (Å²) in [5, 5.41) is 8.54. The SMILES string of the molecule is Nc1ccc(S(N)(=O)=O)cc1.c1ccc2c(c1)cnc1ccccc12. The van der Waals surface area contributed by atoms with Crippen molar-refractivity contribution in [1.82, 2.24) is 4.98 Å². The van der Waals surface area contributed by atoms with E-state index < -0.39 is 10.0 Å². The zero-order valence-electron chi connectivity index (χ0n) is 13.3. The monoisotopic (exact) mass is 351 g/mol. The van der Waals surface area contributed by atoms with Crippen molar-refractivity contribution >= 4 is 37.4 Å². The lowest BCUT2D eigenvalue weighted by Crippen LogP contribution is -2.11. The van der Waals surface area contributed by atoms with Crippen LogP contribution in [0.3, 0.4) is 0 Å². The molecular formula is C19H17N3O2S. The van der Waals surface area contributed by atoms with Crippen molar-refractivity contribution in [3.63, 3.8) is 0 Å². The van der Waals surface area contributed by atoms with Crippen LogP contribution < -0.4 is 10.9 Å². The number of nitrogens with zero attached hydrogens (tertiary/aromatic N) is 1. The van der Waals surface area contributed by atoms with Crippen LogP contribution in [-0.2, 0) is 10.0 Å². The van der Waals surface area contributed by atoms with Crippen LogP contribution >= 0.6 is 0 Å². The zero-order chi connectivity index (χ0) is 17.9. The van der Waals surface area contributed by atoms with E-state index in [1.807, 2.05) is 24.4 Å². The molecule has 4 N–H and O–H groups in total. The van der Waals surface area contributed by atoms with Crippen molar-refractivity contribution in [2.75, 3.05) is 5.73 Å². The summed E-state index contributed by atoms with van der Waals surface area (Å²) in [4.78, 5) is 4.49. The van der Waals surface area contributed by atoms with Gasteiger partial charge < -0.3 is 5.73 Å². The number of anilines is 1. The number of benzene rings is 3. The third-order valence-electron chi connectivity index (χ3n) is 3.71. The molecule has 0 saturated heterocycles. The Morgan fingerprint density at radius 3 is 2.04 bits per heavy atom. The number of nitrogens with two attached hydrogens (primary N) is 2. The summed E-state index contributed by atoms with van der Waals surface area (Å²) in [6.45, 7) is 0. The number of aromatic nitrogens is 1. The number of rotatable bonds is 1. The molecule has 3 aromatic carbocycles. The third-order valence-corrected chi connectivity index (χ3v) is 4.64. The maximum absolute atomic E-state index is 10.7. The molecule has 0 spiro atoms. The van der Waals surface area contributed by atoms with Crippen LogP contribution in [0.4, 0.5) is 5.69 Å². The largest absolute Gasteiger partial charge is 0.399 e. The second-order valence-corrected chi connectivity index (χ2v) is 7.04. The van der Waals surface area contributed by atoms with Gasteiger partial charge in [0.2, 0.25) is 10.0 Å². The fourth-order valence-corrected chi connectivity index (χ4v) is 2.98. The minimum Gasteiger partial charge on any atom is -0.399 e. The van der Waals surface area contributed by atoms with E-state index in [1.165, 1.54) is 40.4 Å². The fraction of sp³-hybridized carbons (Fsp3) is 0. The van der Waals surface area contributed by atoms with Gasteiger partial charge in [0.1, 0.15) is 0 Å². The molecule has 4 rings (SSSR count). The van der Waals surface area contributed by atoms with Gasteiger partial charge in [-0.3, -0.25) is 4.98 Å². The molecule has 0 aliphatic rings. The average molecular weight is 351 g/mol. The second-order valence-electron chi connectivity index (χ2n) is 5.48. The Kier molecular flexibility index (Phi) is 4.65. The lowest BCUT2D eigenvalue weighted by molar-refractivity contribution is 0.598. The van der Waals surface area contributed by atoms with Gasteiger partial charge in [0.05, 0.1) is 10.4 Å². The topological polar surface area (TPSA) is 99.1 Å². The molecule has 0 radical (unpaired) electrons. The highest BCUT2D eigenvalue weighted by Crippen LogP contribution is 2.22. The summed E-state index contributed by atoms with van der Waals surface area (Å²) in [5.41, 5.74) is 6.91. The van der Waals surface area contributed by atoms with E-state index in [2.05, 4.69) is 35.3 Å². The summed E-state index contributed by atoms with van der Waals surface area (Å²) < 4.78 is 21.4. The Morgan fingerprint density at radius 1 is 0.760 bits per heavy atom. The van der Waals surface area contributed by atoms with Crippen LogP contribution in [0.5, 0.6) is 0 Å². The van der Waals surface area contributed by atoms with E-state index in [0.717, 1.165) is 5.52 Å². The van der Waals surface area contributed by atoms with Gasteiger partial charge in [-0.25, -0.2) is 13.6 Å². The van der Waals surface area contributed by atoms with Crippen LogP contribution in [0.1, 0.15) is 0 Å². The summed E-state index contributed by atoms with van der Waals surface area (Å²) in [7, 11) is -3.58. The molecule has 0 amide bonds. The Hall–Kier alpha value is -2.96. The van der Waals surface area contributed by atoms with Gasteiger partial charge in [-0.05, 0) is 35.7 Å². The van der Waals surface area contributed by atoms with Gasteiger partial charge in [0.25, 0.3) is 0 Å². The van der Waals surface area contributed by atoms with Crippen LogP contribution in [0.2, 0.25) is 0 Å². The summed E-state index contributed by atoms with van der Waals surface area (Å²) >= 11 is 0. The van der Waals surface area contributed by atoms with Crippen molar-refractivity contribution in [2.45, 2.75) is 4.90 Å². The Bertz CT molecular complexity index is 1070. The van der Waals surface area contributed by atoms with Crippen molar-refractivity contribution < 1.29 is 8.42 Å². The minimum absolute atomic E-state index is 0.0756. The number of primary sulfonamides is 1. The number of hydrogen-bond acceptors (Lipinski definition) is 4.